The first-order chi connectivity index (χ1) is 28.4. The van der Waals surface area contributed by atoms with Crippen molar-refractivity contribution >= 4 is 41.9 Å². The summed E-state index contributed by atoms with van der Waals surface area (Å²) >= 11 is 0. The molecule has 59 heavy (non-hydrogen) atoms. The van der Waals surface area contributed by atoms with Gasteiger partial charge in [-0.2, -0.15) is 0 Å². The molecule has 6 heteroatoms. The molecule has 0 aliphatic carbocycles. The molecule has 5 aromatic rings. The van der Waals surface area contributed by atoms with Crippen molar-refractivity contribution in [2.75, 3.05) is 12.8 Å². The molecule has 0 saturated carbocycles. The van der Waals surface area contributed by atoms with Gasteiger partial charge in [-0.25, -0.2) is 0 Å². The molecule has 0 spiro atoms. The first-order valence-electron chi connectivity index (χ1n) is 22.2. The largest absolute Gasteiger partial charge is 0.407 e. The third-order valence-electron chi connectivity index (χ3n) is 13.3. The summed E-state index contributed by atoms with van der Waals surface area (Å²) in [4.78, 5) is 0. The van der Waals surface area contributed by atoms with Crippen LogP contribution >= 0.6 is 7.26 Å². The van der Waals surface area contributed by atoms with E-state index in [0.717, 1.165) is 31.8 Å². The van der Waals surface area contributed by atoms with E-state index in [1.54, 1.807) is 0 Å². The fourth-order valence-corrected chi connectivity index (χ4v) is 19.3. The average Bonchev–Trinajstić information content (AvgIpc) is 3.75. The second-order valence-corrected chi connectivity index (χ2v) is 26.7. The Morgan fingerprint density at radius 3 is 1.56 bits per heavy atom. The summed E-state index contributed by atoms with van der Waals surface area (Å²) in [5.74, 6) is 0.0493. The highest BCUT2D eigenvalue weighted by molar-refractivity contribution is 7.95. The van der Waals surface area contributed by atoms with Crippen molar-refractivity contribution in [3.63, 3.8) is 0 Å². The summed E-state index contributed by atoms with van der Waals surface area (Å²) in [6.07, 6.45) is 5.59. The van der Waals surface area contributed by atoms with Crippen molar-refractivity contribution in [2.45, 2.75) is 116 Å². The number of hydrogen-bond acceptors (Lipinski definition) is 4. The lowest BCUT2D eigenvalue weighted by atomic mass is 9.82. The van der Waals surface area contributed by atoms with E-state index in [1.807, 2.05) is 0 Å². The minimum Gasteiger partial charge on any atom is -0.407 e. The normalized spacial score (nSPS) is 23.4. The third kappa shape index (κ3) is 9.27. The highest BCUT2D eigenvalue weighted by Gasteiger charge is 2.52. The van der Waals surface area contributed by atoms with Gasteiger partial charge in [0.1, 0.15) is 23.2 Å². The fourth-order valence-electron chi connectivity index (χ4n) is 10.3. The van der Waals surface area contributed by atoms with Crippen LogP contribution in [0.2, 0.25) is 5.04 Å². The molecule has 0 amide bonds. The van der Waals surface area contributed by atoms with Crippen LogP contribution in [0.4, 0.5) is 0 Å². The Kier molecular flexibility index (Phi) is 13.8. The van der Waals surface area contributed by atoms with E-state index in [0.29, 0.717) is 6.61 Å². The molecule has 0 N–H and O–H groups in total. The second kappa shape index (κ2) is 18.7. The van der Waals surface area contributed by atoms with Crippen molar-refractivity contribution < 1.29 is 18.6 Å². The number of benzene rings is 5. The summed E-state index contributed by atoms with van der Waals surface area (Å²) in [5, 5.41) is 6.88. The lowest BCUT2D eigenvalue weighted by Gasteiger charge is -2.48. The van der Waals surface area contributed by atoms with Crippen molar-refractivity contribution in [1.29, 1.82) is 0 Å². The standard InChI is InChI=1S/C53H68O4PSi/c1-40(39-54-59(52(4,5)6,46-31-20-12-21-32-46)47-33-22-13-23-34-47)48-36-37-49(55-48)41(2)51-42(3)50(56-53(7,8)57-51)35-24-38-58(43-25-14-9-15-26-43,44-27-16-10-17-28-44)45-29-18-11-19-30-45/h9-23,25-34,40-42,48-51H,24,35-39H2,1-8H3/q+1/t40-,41+,42+,48+,49-,50+,51+/m0/s1. The molecule has 7 rings (SSSR count). The van der Waals surface area contributed by atoms with E-state index in [1.165, 1.54) is 26.3 Å². The summed E-state index contributed by atoms with van der Waals surface area (Å²) in [6.45, 7) is 19.0. The van der Waals surface area contributed by atoms with Gasteiger partial charge in [-0.15, -0.1) is 0 Å². The summed E-state index contributed by atoms with van der Waals surface area (Å²) in [6, 6.07) is 55.6. The molecule has 4 nitrogen and oxygen atoms in total. The monoisotopic (exact) mass is 827 g/mol. The van der Waals surface area contributed by atoms with Crippen molar-refractivity contribution in [3.05, 3.63) is 152 Å². The quantitative estimate of drug-likeness (QED) is 0.0778. The lowest BCUT2D eigenvalue weighted by Crippen LogP contribution is -2.67. The van der Waals surface area contributed by atoms with Crippen LogP contribution in [0.25, 0.3) is 0 Å². The Morgan fingerprint density at radius 2 is 1.10 bits per heavy atom. The van der Waals surface area contributed by atoms with Gasteiger partial charge in [0.2, 0.25) is 0 Å². The summed E-state index contributed by atoms with van der Waals surface area (Å²) < 4.78 is 28.1. The summed E-state index contributed by atoms with van der Waals surface area (Å²) in [5.41, 5.74) is 0. The van der Waals surface area contributed by atoms with Gasteiger partial charge in [0.05, 0.1) is 30.6 Å². The van der Waals surface area contributed by atoms with E-state index in [-0.39, 0.29) is 47.2 Å². The van der Waals surface area contributed by atoms with Gasteiger partial charge in [0, 0.05) is 24.4 Å². The molecule has 5 aromatic carbocycles. The van der Waals surface area contributed by atoms with Gasteiger partial charge in [-0.3, -0.25) is 0 Å². The van der Waals surface area contributed by atoms with E-state index < -0.39 is 21.4 Å². The number of ether oxygens (including phenoxy) is 3. The number of hydrogen-bond donors (Lipinski definition) is 0. The fraction of sp³-hybridized carbons (Fsp3) is 0.434. The molecule has 2 heterocycles. The van der Waals surface area contributed by atoms with E-state index >= 15 is 0 Å². The Hall–Kier alpha value is -3.41. The van der Waals surface area contributed by atoms with Gasteiger partial charge in [-0.1, -0.05) is 157 Å². The van der Waals surface area contributed by atoms with Crippen LogP contribution in [-0.2, 0) is 18.6 Å². The van der Waals surface area contributed by atoms with Gasteiger partial charge < -0.3 is 18.6 Å². The zero-order chi connectivity index (χ0) is 41.7. The topological polar surface area (TPSA) is 36.9 Å². The zero-order valence-corrected chi connectivity index (χ0v) is 38.7. The highest BCUT2D eigenvalue weighted by Crippen LogP contribution is 2.56. The third-order valence-corrected chi connectivity index (χ3v) is 22.9. The molecule has 2 aliphatic heterocycles. The zero-order valence-electron chi connectivity index (χ0n) is 36.8. The van der Waals surface area contributed by atoms with Gasteiger partial charge in [0.15, 0.2) is 5.79 Å². The molecule has 2 aliphatic rings. The van der Waals surface area contributed by atoms with Gasteiger partial charge >= 0.3 is 0 Å². The summed E-state index contributed by atoms with van der Waals surface area (Å²) in [7, 11) is -4.55. The smallest absolute Gasteiger partial charge is 0.261 e. The SMILES string of the molecule is C[C@@H]([C@H]1OC(C)(C)O[C@H](CCC[P+](c2ccccc2)(c2ccccc2)c2ccccc2)[C@H]1C)[C@@H]1CC[C@H]([C@@H](C)CO[Si](c2ccccc2)(c2ccccc2)C(C)(C)C)O1. The van der Waals surface area contributed by atoms with E-state index in [4.69, 9.17) is 18.6 Å². The molecular weight excluding hydrogens is 760 g/mol. The van der Waals surface area contributed by atoms with Gasteiger partial charge in [0.25, 0.3) is 8.32 Å². The molecule has 7 atom stereocenters. The van der Waals surface area contributed by atoms with Crippen molar-refractivity contribution in [1.82, 2.24) is 0 Å². The number of rotatable bonds is 15. The van der Waals surface area contributed by atoms with Gasteiger partial charge in [-0.05, 0) is 91.3 Å². The van der Waals surface area contributed by atoms with E-state index in [9.17, 15) is 0 Å². The first-order valence-corrected chi connectivity index (χ1v) is 26.0. The average molecular weight is 828 g/mol. The molecule has 0 aromatic heterocycles. The Bertz CT molecular complexity index is 1890. The molecule has 2 fully saturated rings. The maximum atomic E-state index is 7.38. The Morgan fingerprint density at radius 1 is 0.661 bits per heavy atom. The van der Waals surface area contributed by atoms with Crippen LogP contribution in [0, 0.1) is 17.8 Å². The van der Waals surface area contributed by atoms with Crippen LogP contribution in [0.3, 0.4) is 0 Å². The minimum atomic E-state index is -2.63. The molecule has 0 unspecified atom stereocenters. The Labute approximate surface area is 357 Å². The predicted octanol–water partition coefficient (Wildman–Crippen LogP) is 10.3. The Balaban J connectivity index is 1.04. The second-order valence-electron chi connectivity index (χ2n) is 18.8. The van der Waals surface area contributed by atoms with Crippen LogP contribution in [0.5, 0.6) is 0 Å². The van der Waals surface area contributed by atoms with E-state index in [2.05, 4.69) is 207 Å². The molecule has 0 radical (unpaired) electrons. The van der Waals surface area contributed by atoms with Crippen LogP contribution < -0.4 is 26.3 Å². The highest BCUT2D eigenvalue weighted by atomic mass is 31.2. The first kappa shape index (κ1) is 43.7. The molecular formula is C53H68O4PSi+. The van der Waals surface area contributed by atoms with Crippen LogP contribution in [-0.4, -0.2) is 51.3 Å². The maximum absolute atomic E-state index is 7.38. The van der Waals surface area contributed by atoms with Crippen molar-refractivity contribution in [2.24, 2.45) is 17.8 Å². The molecule has 2 saturated heterocycles. The molecule has 0 bridgehead atoms. The molecule has 312 valence electrons. The predicted molar refractivity (Wildman–Crippen MR) is 252 cm³/mol. The maximum Gasteiger partial charge on any atom is 0.261 e. The van der Waals surface area contributed by atoms with Crippen LogP contribution in [0.15, 0.2) is 152 Å². The van der Waals surface area contributed by atoms with Crippen molar-refractivity contribution in [3.8, 4) is 0 Å². The minimum absolute atomic E-state index is 0.0353. The van der Waals surface area contributed by atoms with Crippen LogP contribution in [0.1, 0.15) is 81.1 Å². The lowest BCUT2D eigenvalue weighted by molar-refractivity contribution is -0.331.